The zero-order valence-electron chi connectivity index (χ0n) is 14.9. The van der Waals surface area contributed by atoms with Crippen LogP contribution in [0.15, 0.2) is 42.5 Å². The molecule has 2 aromatic carbocycles. The van der Waals surface area contributed by atoms with Crippen LogP contribution in [-0.2, 0) is 6.54 Å². The number of likely N-dealkylation sites (N-methyl/N-ethyl adjacent to an activating group) is 2. The Balaban J connectivity index is 1.70. The van der Waals surface area contributed by atoms with Crippen molar-refractivity contribution in [1.82, 2.24) is 4.90 Å². The van der Waals surface area contributed by atoms with Crippen molar-refractivity contribution in [3.05, 3.63) is 64.0 Å². The smallest absolute Gasteiger partial charge is 0.274 e. The summed E-state index contributed by atoms with van der Waals surface area (Å²) < 4.78 is 19.6. The van der Waals surface area contributed by atoms with Crippen molar-refractivity contribution in [2.24, 2.45) is 0 Å². The molecule has 1 aliphatic rings. The Bertz CT molecular complexity index is 799. The molecule has 6 nitrogen and oxygen atoms in total. The summed E-state index contributed by atoms with van der Waals surface area (Å²) >= 11 is 0. The zero-order chi connectivity index (χ0) is 18.7. The summed E-state index contributed by atoms with van der Waals surface area (Å²) in [5.74, 6) is 0.370. The van der Waals surface area contributed by atoms with Crippen LogP contribution in [0.25, 0.3) is 0 Å². The molecule has 2 aromatic rings. The number of hydrogen-bond donors (Lipinski definition) is 0. The SMILES string of the molecule is CCN1CC(CN(C)Cc2cc(F)ccc2[N+](=O)[O-])Oc2ccccc21. The molecule has 26 heavy (non-hydrogen) atoms. The van der Waals surface area contributed by atoms with E-state index in [-0.39, 0.29) is 18.3 Å². The molecule has 0 aromatic heterocycles. The molecule has 1 heterocycles. The maximum absolute atomic E-state index is 13.5. The van der Waals surface area contributed by atoms with Gasteiger partial charge in [0, 0.05) is 31.3 Å². The third-order valence-electron chi connectivity index (χ3n) is 4.50. The lowest BCUT2D eigenvalue weighted by atomic mass is 10.1. The number of benzene rings is 2. The van der Waals surface area contributed by atoms with Crippen LogP contribution in [0.1, 0.15) is 12.5 Å². The molecule has 0 amide bonds. The van der Waals surface area contributed by atoms with E-state index in [2.05, 4.69) is 11.8 Å². The van der Waals surface area contributed by atoms with Crippen molar-refractivity contribution in [3.8, 4) is 5.75 Å². The van der Waals surface area contributed by atoms with Gasteiger partial charge in [0.2, 0.25) is 0 Å². The number of nitro benzene ring substituents is 1. The highest BCUT2D eigenvalue weighted by atomic mass is 19.1. The molecule has 3 rings (SSSR count). The van der Waals surface area contributed by atoms with Gasteiger partial charge in [-0.25, -0.2) is 4.39 Å². The van der Waals surface area contributed by atoms with Crippen molar-refractivity contribution in [2.45, 2.75) is 19.6 Å². The van der Waals surface area contributed by atoms with E-state index in [1.807, 2.05) is 36.2 Å². The second kappa shape index (κ2) is 7.70. The minimum atomic E-state index is -0.477. The molecule has 1 atom stereocenters. The Morgan fingerprint density at radius 1 is 1.35 bits per heavy atom. The van der Waals surface area contributed by atoms with Gasteiger partial charge >= 0.3 is 0 Å². The van der Waals surface area contributed by atoms with E-state index >= 15 is 0 Å². The highest BCUT2D eigenvalue weighted by Crippen LogP contribution is 2.33. The van der Waals surface area contributed by atoms with Gasteiger partial charge in [0.1, 0.15) is 17.7 Å². The molecule has 0 fully saturated rings. The highest BCUT2D eigenvalue weighted by Gasteiger charge is 2.26. The van der Waals surface area contributed by atoms with Crippen molar-refractivity contribution >= 4 is 11.4 Å². The Labute approximate surface area is 151 Å². The highest BCUT2D eigenvalue weighted by molar-refractivity contribution is 5.60. The van der Waals surface area contributed by atoms with Gasteiger partial charge in [-0.3, -0.25) is 15.0 Å². The van der Waals surface area contributed by atoms with Crippen LogP contribution in [0.2, 0.25) is 0 Å². The predicted molar refractivity (Wildman–Crippen MR) is 98.1 cm³/mol. The van der Waals surface area contributed by atoms with Crippen LogP contribution in [-0.4, -0.2) is 42.6 Å². The lowest BCUT2D eigenvalue weighted by molar-refractivity contribution is -0.385. The molecule has 0 saturated carbocycles. The number of para-hydroxylation sites is 2. The first-order valence-electron chi connectivity index (χ1n) is 8.60. The van der Waals surface area contributed by atoms with E-state index in [1.54, 1.807) is 0 Å². The average molecular weight is 359 g/mol. The fraction of sp³-hybridized carbons (Fsp3) is 0.368. The summed E-state index contributed by atoms with van der Waals surface area (Å²) in [6.07, 6.45) is -0.0672. The van der Waals surface area contributed by atoms with Gasteiger partial charge in [0.25, 0.3) is 5.69 Å². The van der Waals surface area contributed by atoms with Crippen molar-refractivity contribution < 1.29 is 14.1 Å². The number of ether oxygens (including phenoxy) is 1. The Morgan fingerprint density at radius 2 is 2.12 bits per heavy atom. The van der Waals surface area contributed by atoms with Gasteiger partial charge in [-0.1, -0.05) is 12.1 Å². The standard InChI is InChI=1S/C19H22FN3O3/c1-3-22-13-16(26-19-7-5-4-6-18(19)22)12-21(2)11-14-10-15(20)8-9-17(14)23(24)25/h4-10,16H,3,11-13H2,1-2H3. The second-order valence-electron chi connectivity index (χ2n) is 6.47. The van der Waals surface area contributed by atoms with E-state index in [0.717, 1.165) is 30.6 Å². The molecule has 0 saturated heterocycles. The first kappa shape index (κ1) is 18.1. The van der Waals surface area contributed by atoms with Crippen molar-refractivity contribution in [3.63, 3.8) is 0 Å². The van der Waals surface area contributed by atoms with Gasteiger partial charge < -0.3 is 9.64 Å². The second-order valence-corrected chi connectivity index (χ2v) is 6.47. The van der Waals surface area contributed by atoms with Crippen LogP contribution in [0.5, 0.6) is 5.75 Å². The van der Waals surface area contributed by atoms with E-state index in [9.17, 15) is 14.5 Å². The normalized spacial score (nSPS) is 16.3. The molecule has 1 unspecified atom stereocenters. The van der Waals surface area contributed by atoms with Crippen LogP contribution < -0.4 is 9.64 Å². The Morgan fingerprint density at radius 3 is 2.85 bits per heavy atom. The topological polar surface area (TPSA) is 58.9 Å². The van der Waals surface area contributed by atoms with E-state index < -0.39 is 10.7 Å². The van der Waals surface area contributed by atoms with Gasteiger partial charge in [-0.15, -0.1) is 0 Å². The fourth-order valence-corrected chi connectivity index (χ4v) is 3.34. The molecule has 0 bridgehead atoms. The summed E-state index contributed by atoms with van der Waals surface area (Å²) in [6, 6.07) is 11.5. The van der Waals surface area contributed by atoms with E-state index in [0.29, 0.717) is 12.1 Å². The largest absolute Gasteiger partial charge is 0.485 e. The van der Waals surface area contributed by atoms with E-state index in [1.165, 1.54) is 12.1 Å². The number of rotatable bonds is 6. The predicted octanol–water partition coefficient (Wildman–Crippen LogP) is 3.45. The Hall–Kier alpha value is -2.67. The van der Waals surface area contributed by atoms with Crippen LogP contribution >= 0.6 is 0 Å². The van der Waals surface area contributed by atoms with Crippen LogP contribution in [0, 0.1) is 15.9 Å². The fourth-order valence-electron chi connectivity index (χ4n) is 3.34. The van der Waals surface area contributed by atoms with Crippen molar-refractivity contribution in [2.75, 3.05) is 31.6 Å². The summed E-state index contributed by atoms with van der Waals surface area (Å²) in [5, 5.41) is 11.2. The Kier molecular flexibility index (Phi) is 5.37. The van der Waals surface area contributed by atoms with Gasteiger partial charge in [0.05, 0.1) is 17.2 Å². The number of halogens is 1. The van der Waals surface area contributed by atoms with Gasteiger partial charge in [-0.2, -0.15) is 0 Å². The zero-order valence-corrected chi connectivity index (χ0v) is 14.9. The monoisotopic (exact) mass is 359 g/mol. The molecule has 0 spiro atoms. The molecule has 0 radical (unpaired) electrons. The van der Waals surface area contributed by atoms with Gasteiger partial charge in [-0.05, 0) is 38.2 Å². The minimum absolute atomic E-state index is 0.0663. The van der Waals surface area contributed by atoms with Crippen LogP contribution in [0.3, 0.4) is 0 Å². The number of anilines is 1. The van der Waals surface area contributed by atoms with Gasteiger partial charge in [0.15, 0.2) is 0 Å². The molecule has 0 N–H and O–H groups in total. The maximum Gasteiger partial charge on any atom is 0.274 e. The lowest BCUT2D eigenvalue weighted by Crippen LogP contribution is -2.45. The third kappa shape index (κ3) is 3.94. The minimum Gasteiger partial charge on any atom is -0.485 e. The van der Waals surface area contributed by atoms with E-state index in [4.69, 9.17) is 4.74 Å². The summed E-state index contributed by atoms with van der Waals surface area (Å²) in [5.41, 5.74) is 1.37. The number of nitrogens with zero attached hydrogens (tertiary/aromatic N) is 3. The first-order chi connectivity index (χ1) is 12.5. The quantitative estimate of drug-likeness (QED) is 0.584. The summed E-state index contributed by atoms with van der Waals surface area (Å²) in [4.78, 5) is 14.9. The molecule has 7 heteroatoms. The molecular weight excluding hydrogens is 337 g/mol. The molecule has 0 aliphatic carbocycles. The first-order valence-corrected chi connectivity index (χ1v) is 8.60. The van der Waals surface area contributed by atoms with Crippen molar-refractivity contribution in [1.29, 1.82) is 0 Å². The number of fused-ring (bicyclic) bond motifs is 1. The summed E-state index contributed by atoms with van der Waals surface area (Å²) in [6.45, 7) is 4.57. The third-order valence-corrected chi connectivity index (χ3v) is 4.50. The molecule has 138 valence electrons. The molecule has 1 aliphatic heterocycles. The van der Waals surface area contributed by atoms with Crippen LogP contribution in [0.4, 0.5) is 15.8 Å². The summed E-state index contributed by atoms with van der Waals surface area (Å²) in [7, 11) is 1.86. The molecular formula is C19H22FN3O3. The number of nitro groups is 1. The number of hydrogen-bond acceptors (Lipinski definition) is 5. The lowest BCUT2D eigenvalue weighted by Gasteiger charge is -2.37. The maximum atomic E-state index is 13.5. The average Bonchev–Trinajstić information content (AvgIpc) is 2.60.